The van der Waals surface area contributed by atoms with Crippen molar-refractivity contribution in [3.8, 4) is 0 Å². The number of nitrogens with zero attached hydrogens (tertiary/aromatic N) is 2. The molecule has 1 aromatic heterocycles. The molecule has 2 rings (SSSR count). The van der Waals surface area contributed by atoms with E-state index in [4.69, 9.17) is 4.52 Å². The minimum Gasteiger partial charge on any atom is -0.339 e. The van der Waals surface area contributed by atoms with Gasteiger partial charge in [0.2, 0.25) is 5.89 Å². The normalized spacial score (nSPS) is 12.6. The van der Waals surface area contributed by atoms with Gasteiger partial charge in [-0.05, 0) is 32.5 Å². The molecule has 0 aliphatic carbocycles. The molecular formula is C15H21N3OS. The molecule has 108 valence electrons. The van der Waals surface area contributed by atoms with E-state index in [2.05, 4.69) is 53.6 Å². The van der Waals surface area contributed by atoms with Gasteiger partial charge in [-0.15, -0.1) is 11.8 Å². The van der Waals surface area contributed by atoms with Crippen LogP contribution in [0.1, 0.15) is 30.6 Å². The van der Waals surface area contributed by atoms with Gasteiger partial charge < -0.3 is 9.84 Å². The molecule has 0 saturated heterocycles. The minimum atomic E-state index is 0.396. The zero-order valence-corrected chi connectivity index (χ0v) is 13.0. The number of thioether (sulfide) groups is 1. The van der Waals surface area contributed by atoms with Gasteiger partial charge in [-0.25, -0.2) is 0 Å². The van der Waals surface area contributed by atoms with E-state index in [1.165, 1.54) is 10.5 Å². The minimum absolute atomic E-state index is 0.396. The molecule has 0 spiro atoms. The van der Waals surface area contributed by atoms with Crippen LogP contribution in [-0.4, -0.2) is 23.2 Å². The van der Waals surface area contributed by atoms with Gasteiger partial charge in [0.15, 0.2) is 5.82 Å². The van der Waals surface area contributed by atoms with Crippen molar-refractivity contribution in [2.45, 2.75) is 43.4 Å². The maximum absolute atomic E-state index is 5.29. The maximum Gasteiger partial charge on any atom is 0.228 e. The highest BCUT2D eigenvalue weighted by atomic mass is 32.2. The Morgan fingerprint density at radius 1 is 1.30 bits per heavy atom. The number of likely N-dealkylation sites (N-methyl/N-ethyl adjacent to an activating group) is 1. The molecule has 1 aromatic carbocycles. The molecule has 4 nitrogen and oxygen atoms in total. The van der Waals surface area contributed by atoms with E-state index in [1.54, 1.807) is 11.8 Å². The van der Waals surface area contributed by atoms with Crippen LogP contribution in [0.25, 0.3) is 0 Å². The van der Waals surface area contributed by atoms with Crippen molar-refractivity contribution in [2.75, 3.05) is 7.05 Å². The van der Waals surface area contributed by atoms with Crippen LogP contribution >= 0.6 is 11.8 Å². The third-order valence-corrected chi connectivity index (χ3v) is 4.23. The van der Waals surface area contributed by atoms with Crippen LogP contribution in [-0.2, 0) is 12.2 Å². The number of hydrogen-bond acceptors (Lipinski definition) is 5. The van der Waals surface area contributed by atoms with E-state index in [1.807, 2.05) is 7.05 Å². The predicted molar refractivity (Wildman–Crippen MR) is 81.9 cm³/mol. The lowest BCUT2D eigenvalue weighted by atomic mass is 10.1. The van der Waals surface area contributed by atoms with Crippen molar-refractivity contribution >= 4 is 11.8 Å². The molecule has 5 heteroatoms. The maximum atomic E-state index is 5.29. The Bertz CT molecular complexity index is 520. The third-order valence-electron chi connectivity index (χ3n) is 3.22. The van der Waals surface area contributed by atoms with Gasteiger partial charge in [0.05, 0.1) is 5.75 Å². The summed E-state index contributed by atoms with van der Waals surface area (Å²) in [5.74, 6) is 2.21. The van der Waals surface area contributed by atoms with Gasteiger partial charge in [0, 0.05) is 17.4 Å². The lowest BCUT2D eigenvalue weighted by Crippen LogP contribution is -2.26. The average Bonchev–Trinajstić information content (AvgIpc) is 2.92. The summed E-state index contributed by atoms with van der Waals surface area (Å²) >= 11 is 1.73. The molecule has 0 radical (unpaired) electrons. The summed E-state index contributed by atoms with van der Waals surface area (Å²) in [7, 11) is 1.96. The zero-order chi connectivity index (χ0) is 14.4. The summed E-state index contributed by atoms with van der Waals surface area (Å²) in [4.78, 5) is 5.67. The second-order valence-electron chi connectivity index (χ2n) is 4.80. The molecule has 2 aromatic rings. The summed E-state index contributed by atoms with van der Waals surface area (Å²) in [6.45, 7) is 4.23. The van der Waals surface area contributed by atoms with E-state index >= 15 is 0 Å². The quantitative estimate of drug-likeness (QED) is 0.794. The van der Waals surface area contributed by atoms with Crippen molar-refractivity contribution in [1.29, 1.82) is 0 Å². The fraction of sp³-hybridized carbons (Fsp3) is 0.467. The number of rotatable bonds is 7. The molecule has 0 aliphatic heterocycles. The molecule has 0 aliphatic rings. The number of aromatic nitrogens is 2. The van der Waals surface area contributed by atoms with E-state index in [-0.39, 0.29) is 0 Å². The summed E-state index contributed by atoms with van der Waals surface area (Å²) in [6, 6.07) is 8.86. The van der Waals surface area contributed by atoms with Crippen molar-refractivity contribution in [2.24, 2.45) is 0 Å². The van der Waals surface area contributed by atoms with Crippen molar-refractivity contribution < 1.29 is 4.52 Å². The van der Waals surface area contributed by atoms with E-state index in [9.17, 15) is 0 Å². The Morgan fingerprint density at radius 3 is 2.70 bits per heavy atom. The number of hydrogen-bond donors (Lipinski definition) is 1. The number of nitrogens with one attached hydrogen (secondary N) is 1. The molecule has 1 unspecified atom stereocenters. The predicted octanol–water partition coefficient (Wildman–Crippen LogP) is 3.21. The second-order valence-corrected chi connectivity index (χ2v) is 5.85. The third kappa shape index (κ3) is 4.35. The van der Waals surface area contributed by atoms with Crippen LogP contribution in [0.5, 0.6) is 0 Å². The number of benzene rings is 1. The Labute approximate surface area is 124 Å². The number of aryl methyl sites for hydroxylation is 1. The molecule has 1 N–H and O–H groups in total. The first-order chi connectivity index (χ1) is 9.71. The Balaban J connectivity index is 1.87. The van der Waals surface area contributed by atoms with Gasteiger partial charge in [0.25, 0.3) is 0 Å². The summed E-state index contributed by atoms with van der Waals surface area (Å²) < 4.78 is 5.29. The summed E-state index contributed by atoms with van der Waals surface area (Å²) in [6.07, 6.45) is 1.83. The molecule has 1 heterocycles. The summed E-state index contributed by atoms with van der Waals surface area (Å²) in [5, 5.41) is 7.28. The van der Waals surface area contributed by atoms with Crippen LogP contribution in [0.3, 0.4) is 0 Å². The van der Waals surface area contributed by atoms with Crippen LogP contribution in [0.2, 0.25) is 0 Å². The fourth-order valence-electron chi connectivity index (χ4n) is 1.88. The molecule has 20 heavy (non-hydrogen) atoms. The lowest BCUT2D eigenvalue weighted by molar-refractivity contribution is 0.356. The highest BCUT2D eigenvalue weighted by Gasteiger charge is 2.11. The smallest absolute Gasteiger partial charge is 0.228 e. The van der Waals surface area contributed by atoms with Gasteiger partial charge in [-0.2, -0.15) is 4.98 Å². The van der Waals surface area contributed by atoms with Gasteiger partial charge >= 0.3 is 0 Å². The van der Waals surface area contributed by atoms with E-state index in [0.717, 1.165) is 24.4 Å². The molecule has 0 saturated carbocycles. The second kappa shape index (κ2) is 7.45. The molecule has 0 fully saturated rings. The van der Waals surface area contributed by atoms with Crippen molar-refractivity contribution in [3.63, 3.8) is 0 Å². The first kappa shape index (κ1) is 15.1. The Kier molecular flexibility index (Phi) is 5.61. The largest absolute Gasteiger partial charge is 0.339 e. The highest BCUT2D eigenvalue weighted by molar-refractivity contribution is 7.98. The van der Waals surface area contributed by atoms with Crippen LogP contribution < -0.4 is 5.32 Å². The van der Waals surface area contributed by atoms with Crippen LogP contribution in [0, 0.1) is 6.92 Å². The molecular weight excluding hydrogens is 270 g/mol. The Hall–Kier alpha value is -1.33. The SMILES string of the molecule is CCC(Cc1nc(CSc2ccc(C)cc2)no1)NC. The van der Waals surface area contributed by atoms with E-state index in [0.29, 0.717) is 11.9 Å². The highest BCUT2D eigenvalue weighted by Crippen LogP contribution is 2.21. The van der Waals surface area contributed by atoms with Crippen LogP contribution in [0.15, 0.2) is 33.7 Å². The fourth-order valence-corrected chi connectivity index (χ4v) is 2.62. The first-order valence-corrected chi connectivity index (χ1v) is 7.88. The zero-order valence-electron chi connectivity index (χ0n) is 12.2. The molecule has 0 amide bonds. The van der Waals surface area contributed by atoms with Crippen molar-refractivity contribution in [1.82, 2.24) is 15.5 Å². The lowest BCUT2D eigenvalue weighted by Gasteiger charge is -2.09. The van der Waals surface area contributed by atoms with Crippen LogP contribution in [0.4, 0.5) is 0 Å². The standard InChI is InChI=1S/C15H21N3OS/c1-4-12(16-3)9-15-17-14(18-19-15)10-20-13-7-5-11(2)6-8-13/h5-8,12,16H,4,9-10H2,1-3H3. The van der Waals surface area contributed by atoms with Gasteiger partial charge in [-0.1, -0.05) is 29.8 Å². The molecule has 0 bridgehead atoms. The van der Waals surface area contributed by atoms with Gasteiger partial charge in [0.1, 0.15) is 0 Å². The summed E-state index contributed by atoms with van der Waals surface area (Å²) in [5.41, 5.74) is 1.27. The monoisotopic (exact) mass is 291 g/mol. The first-order valence-electron chi connectivity index (χ1n) is 6.89. The topological polar surface area (TPSA) is 51.0 Å². The van der Waals surface area contributed by atoms with E-state index < -0.39 is 0 Å². The van der Waals surface area contributed by atoms with Gasteiger partial charge in [-0.3, -0.25) is 0 Å². The van der Waals surface area contributed by atoms with Crippen molar-refractivity contribution in [3.05, 3.63) is 41.5 Å². The Morgan fingerprint density at radius 2 is 2.05 bits per heavy atom. The molecule has 1 atom stereocenters. The average molecular weight is 291 g/mol.